The van der Waals surface area contributed by atoms with E-state index in [0.29, 0.717) is 0 Å². The summed E-state index contributed by atoms with van der Waals surface area (Å²) in [5, 5.41) is 20.1. The summed E-state index contributed by atoms with van der Waals surface area (Å²) in [6.45, 7) is 1.94. The number of nitrogens with zero attached hydrogens (tertiary/aromatic N) is 3. The highest BCUT2D eigenvalue weighted by molar-refractivity contribution is 6.03. The van der Waals surface area contributed by atoms with Crippen LogP contribution in [-0.4, -0.2) is 58.5 Å². The summed E-state index contributed by atoms with van der Waals surface area (Å²) < 4.78 is 5.22. The van der Waals surface area contributed by atoms with E-state index in [1.165, 1.54) is 33.0 Å². The second kappa shape index (κ2) is 6.38. The number of fused-ring (bicyclic) bond motifs is 1. The van der Waals surface area contributed by atoms with Crippen molar-refractivity contribution in [2.24, 2.45) is 0 Å². The quantitative estimate of drug-likeness (QED) is 0.608. The molecule has 0 saturated carbocycles. The SMILES string of the molecule is CN(C(=O)CN1C(=O)COc2ccc([N+](=O)[O-])cc21)C(C)(C)C(=O)O. The van der Waals surface area contributed by atoms with Crippen LogP contribution in [0.1, 0.15) is 13.8 Å². The van der Waals surface area contributed by atoms with Crippen molar-refractivity contribution >= 4 is 29.2 Å². The summed E-state index contributed by atoms with van der Waals surface area (Å²) in [6.07, 6.45) is 0. The number of hydrogen-bond donors (Lipinski definition) is 1. The number of amides is 2. The zero-order valence-corrected chi connectivity index (χ0v) is 13.9. The lowest BCUT2D eigenvalue weighted by Crippen LogP contribution is -2.54. The number of anilines is 1. The summed E-state index contributed by atoms with van der Waals surface area (Å²) >= 11 is 0. The molecule has 0 unspecified atom stereocenters. The van der Waals surface area contributed by atoms with E-state index in [1.54, 1.807) is 0 Å². The third-order valence-electron chi connectivity index (χ3n) is 4.13. The Morgan fingerprint density at radius 2 is 2.08 bits per heavy atom. The minimum absolute atomic E-state index is 0.0975. The molecule has 1 aliphatic heterocycles. The number of carboxylic acid groups (broad SMARTS) is 1. The van der Waals surface area contributed by atoms with Crippen molar-refractivity contribution in [2.45, 2.75) is 19.4 Å². The number of nitro benzene ring substituents is 1. The Balaban J connectivity index is 2.32. The van der Waals surface area contributed by atoms with Gasteiger partial charge in [-0.15, -0.1) is 0 Å². The summed E-state index contributed by atoms with van der Waals surface area (Å²) in [4.78, 5) is 48.2. The highest BCUT2D eigenvalue weighted by atomic mass is 16.6. The van der Waals surface area contributed by atoms with Crippen LogP contribution in [0, 0.1) is 10.1 Å². The number of carbonyl (C=O) groups is 3. The molecule has 10 nitrogen and oxygen atoms in total. The molecule has 2 amide bonds. The molecule has 0 fully saturated rings. The van der Waals surface area contributed by atoms with Crippen molar-refractivity contribution in [2.75, 3.05) is 25.1 Å². The number of non-ortho nitro benzene ring substituents is 1. The molecule has 25 heavy (non-hydrogen) atoms. The van der Waals surface area contributed by atoms with Gasteiger partial charge in [-0.05, 0) is 19.9 Å². The van der Waals surface area contributed by atoms with Crippen LogP contribution in [0.15, 0.2) is 18.2 Å². The molecular formula is C15H17N3O7. The smallest absolute Gasteiger partial charge is 0.329 e. The van der Waals surface area contributed by atoms with Gasteiger partial charge in [0.1, 0.15) is 17.8 Å². The predicted molar refractivity (Wildman–Crippen MR) is 85.4 cm³/mol. The summed E-state index contributed by atoms with van der Waals surface area (Å²) in [5.74, 6) is -2.14. The van der Waals surface area contributed by atoms with E-state index < -0.39 is 34.8 Å². The van der Waals surface area contributed by atoms with Crippen LogP contribution in [0.4, 0.5) is 11.4 Å². The first-order valence-corrected chi connectivity index (χ1v) is 7.27. The van der Waals surface area contributed by atoms with Crippen molar-refractivity contribution in [1.82, 2.24) is 4.90 Å². The van der Waals surface area contributed by atoms with Gasteiger partial charge in [0.2, 0.25) is 5.91 Å². The zero-order valence-electron chi connectivity index (χ0n) is 13.9. The summed E-state index contributed by atoms with van der Waals surface area (Å²) in [5.41, 5.74) is -1.63. The van der Waals surface area contributed by atoms with E-state index in [-0.39, 0.29) is 23.7 Å². The lowest BCUT2D eigenvalue weighted by molar-refractivity contribution is -0.384. The lowest BCUT2D eigenvalue weighted by Gasteiger charge is -2.34. The second-order valence-electron chi connectivity index (χ2n) is 5.99. The molecule has 10 heteroatoms. The van der Waals surface area contributed by atoms with Crippen LogP contribution in [-0.2, 0) is 14.4 Å². The highest BCUT2D eigenvalue weighted by Crippen LogP contribution is 2.35. The number of carbonyl (C=O) groups excluding carboxylic acids is 2. The molecule has 0 radical (unpaired) electrons. The van der Waals surface area contributed by atoms with Crippen molar-refractivity contribution in [1.29, 1.82) is 0 Å². The maximum absolute atomic E-state index is 12.4. The minimum Gasteiger partial charge on any atom is -0.482 e. The molecule has 1 N–H and O–H groups in total. The van der Waals surface area contributed by atoms with Crippen LogP contribution in [0.25, 0.3) is 0 Å². The Bertz CT molecular complexity index is 759. The predicted octanol–water partition coefficient (Wildman–Crippen LogP) is 0.642. The number of carboxylic acids is 1. The monoisotopic (exact) mass is 351 g/mol. The van der Waals surface area contributed by atoms with Gasteiger partial charge in [-0.1, -0.05) is 0 Å². The fraction of sp³-hybridized carbons (Fsp3) is 0.400. The molecule has 1 aliphatic rings. The molecule has 0 aliphatic carbocycles. The Morgan fingerprint density at radius 1 is 1.44 bits per heavy atom. The van der Waals surface area contributed by atoms with E-state index in [4.69, 9.17) is 4.74 Å². The normalized spacial score (nSPS) is 13.7. The topological polar surface area (TPSA) is 130 Å². The largest absolute Gasteiger partial charge is 0.482 e. The van der Waals surface area contributed by atoms with E-state index in [0.717, 1.165) is 15.9 Å². The first-order chi connectivity index (χ1) is 11.6. The van der Waals surface area contributed by atoms with E-state index in [2.05, 4.69) is 0 Å². The van der Waals surface area contributed by atoms with Crippen molar-refractivity contribution in [3.05, 3.63) is 28.3 Å². The summed E-state index contributed by atoms with van der Waals surface area (Å²) in [7, 11) is 1.32. The zero-order chi connectivity index (χ0) is 18.9. The fourth-order valence-corrected chi connectivity index (χ4v) is 2.17. The van der Waals surface area contributed by atoms with Gasteiger partial charge in [-0.25, -0.2) is 4.79 Å². The van der Waals surface area contributed by atoms with Crippen LogP contribution in [0.2, 0.25) is 0 Å². The van der Waals surface area contributed by atoms with E-state index >= 15 is 0 Å². The van der Waals surface area contributed by atoms with Gasteiger partial charge in [-0.2, -0.15) is 0 Å². The molecule has 1 aromatic rings. The third kappa shape index (κ3) is 3.37. The maximum atomic E-state index is 12.4. The van der Waals surface area contributed by atoms with E-state index in [1.807, 2.05) is 0 Å². The van der Waals surface area contributed by atoms with Gasteiger partial charge >= 0.3 is 5.97 Å². The Hall–Kier alpha value is -3.17. The highest BCUT2D eigenvalue weighted by Gasteiger charge is 2.37. The maximum Gasteiger partial charge on any atom is 0.329 e. The van der Waals surface area contributed by atoms with Crippen LogP contribution in [0.3, 0.4) is 0 Å². The van der Waals surface area contributed by atoms with Gasteiger partial charge < -0.3 is 14.7 Å². The number of nitro groups is 1. The van der Waals surface area contributed by atoms with Crippen LogP contribution in [0.5, 0.6) is 5.75 Å². The molecule has 0 bridgehead atoms. The molecule has 0 saturated heterocycles. The van der Waals surface area contributed by atoms with Gasteiger partial charge in [0, 0.05) is 19.2 Å². The first kappa shape index (κ1) is 18.2. The third-order valence-corrected chi connectivity index (χ3v) is 4.13. The molecule has 0 atom stereocenters. The van der Waals surface area contributed by atoms with Gasteiger partial charge in [0.15, 0.2) is 6.61 Å². The van der Waals surface area contributed by atoms with Gasteiger partial charge in [0.05, 0.1) is 10.6 Å². The van der Waals surface area contributed by atoms with Crippen LogP contribution >= 0.6 is 0 Å². The number of rotatable bonds is 5. The fourth-order valence-electron chi connectivity index (χ4n) is 2.17. The minimum atomic E-state index is -1.47. The molecule has 1 aromatic carbocycles. The first-order valence-electron chi connectivity index (χ1n) is 7.27. The summed E-state index contributed by atoms with van der Waals surface area (Å²) in [6, 6.07) is 3.72. The Morgan fingerprint density at radius 3 is 2.64 bits per heavy atom. The molecule has 0 aromatic heterocycles. The van der Waals surface area contributed by atoms with Crippen molar-refractivity contribution in [3.63, 3.8) is 0 Å². The van der Waals surface area contributed by atoms with Crippen molar-refractivity contribution < 1.29 is 29.2 Å². The average Bonchev–Trinajstić information content (AvgIpc) is 2.55. The molecule has 134 valence electrons. The Kier molecular flexibility index (Phi) is 4.64. The van der Waals surface area contributed by atoms with Gasteiger partial charge in [0.25, 0.3) is 11.6 Å². The number of benzene rings is 1. The van der Waals surface area contributed by atoms with Crippen LogP contribution < -0.4 is 9.64 Å². The average molecular weight is 351 g/mol. The molecular weight excluding hydrogens is 334 g/mol. The molecule has 2 rings (SSSR count). The van der Waals surface area contributed by atoms with E-state index in [9.17, 15) is 29.6 Å². The molecule has 1 heterocycles. The number of hydrogen-bond acceptors (Lipinski definition) is 6. The number of likely N-dealkylation sites (N-methyl/N-ethyl adjacent to an activating group) is 1. The number of aliphatic carboxylic acids is 1. The standard InChI is InChI=1S/C15H17N3O7/c1-15(2,14(21)22)16(3)12(19)7-17-10-6-9(18(23)24)4-5-11(10)25-8-13(17)20/h4-6H,7-8H2,1-3H3,(H,21,22). The lowest BCUT2D eigenvalue weighted by atomic mass is 10.0. The Labute approximate surface area is 142 Å². The second-order valence-corrected chi connectivity index (χ2v) is 5.99. The van der Waals surface area contributed by atoms with Crippen molar-refractivity contribution in [3.8, 4) is 5.75 Å². The van der Waals surface area contributed by atoms with Gasteiger partial charge in [-0.3, -0.25) is 24.6 Å². The molecule has 0 spiro atoms. The number of ether oxygens (including phenoxy) is 1.